The topological polar surface area (TPSA) is 41.4 Å². The van der Waals surface area contributed by atoms with Gasteiger partial charge in [-0.15, -0.1) is 0 Å². The fraction of sp³-hybridized carbons (Fsp3) is 0.375. The monoisotopic (exact) mass is 320 g/mol. The van der Waals surface area contributed by atoms with Gasteiger partial charge in [-0.1, -0.05) is 0 Å². The van der Waals surface area contributed by atoms with Crippen molar-refractivity contribution in [2.45, 2.75) is 19.5 Å². The Morgan fingerprint density at radius 1 is 1.39 bits per heavy atom. The summed E-state index contributed by atoms with van der Waals surface area (Å²) >= 11 is 0. The molecule has 3 rings (SSSR count). The van der Waals surface area contributed by atoms with Crippen LogP contribution in [0.2, 0.25) is 0 Å². The molecule has 0 unspecified atom stereocenters. The third kappa shape index (κ3) is 3.18. The van der Waals surface area contributed by atoms with Crippen LogP contribution >= 0.6 is 0 Å². The molecule has 0 N–H and O–H groups in total. The van der Waals surface area contributed by atoms with E-state index in [1.54, 1.807) is 27.7 Å². The van der Waals surface area contributed by atoms with Crippen LogP contribution < -0.4 is 0 Å². The first-order valence-corrected chi connectivity index (χ1v) is 7.38. The quantitative estimate of drug-likeness (QED) is 0.852. The number of fused-ring (bicyclic) bond motifs is 1. The van der Waals surface area contributed by atoms with E-state index in [1.807, 2.05) is 13.2 Å². The number of nitrogens with zero attached hydrogens (tertiary/aromatic N) is 4. The number of hydrogen-bond donors (Lipinski definition) is 0. The van der Waals surface area contributed by atoms with Crippen LogP contribution in [0.5, 0.6) is 0 Å². The van der Waals surface area contributed by atoms with Gasteiger partial charge < -0.3 is 9.80 Å². The van der Waals surface area contributed by atoms with Crippen molar-refractivity contribution in [3.05, 3.63) is 52.9 Å². The van der Waals surface area contributed by atoms with Gasteiger partial charge in [-0.3, -0.25) is 4.68 Å². The SMILES string of the molecule is CN(Cc1cnn(C)c1)C(=O)N1CCc2c(F)cc(F)cc2C1. The number of amides is 2. The van der Waals surface area contributed by atoms with Crippen LogP contribution in [0.3, 0.4) is 0 Å². The molecule has 0 bridgehead atoms. The minimum absolute atomic E-state index is 0.163. The van der Waals surface area contributed by atoms with Crippen LogP contribution in [0, 0.1) is 11.6 Å². The van der Waals surface area contributed by atoms with Crippen LogP contribution in [0.15, 0.2) is 24.5 Å². The summed E-state index contributed by atoms with van der Waals surface area (Å²) in [6, 6.07) is 2.04. The van der Waals surface area contributed by atoms with E-state index >= 15 is 0 Å². The largest absolute Gasteiger partial charge is 0.323 e. The highest BCUT2D eigenvalue weighted by Crippen LogP contribution is 2.24. The Balaban J connectivity index is 1.71. The van der Waals surface area contributed by atoms with Crippen LogP contribution in [-0.2, 0) is 26.6 Å². The number of carbonyl (C=O) groups is 1. The molecule has 0 saturated heterocycles. The predicted molar refractivity (Wildman–Crippen MR) is 80.5 cm³/mol. The summed E-state index contributed by atoms with van der Waals surface area (Å²) in [5, 5.41) is 4.07. The molecule has 1 aliphatic rings. The molecule has 23 heavy (non-hydrogen) atoms. The fourth-order valence-corrected chi connectivity index (χ4v) is 2.91. The second-order valence-corrected chi connectivity index (χ2v) is 5.86. The Hall–Kier alpha value is -2.44. The van der Waals surface area contributed by atoms with Crippen LogP contribution in [0.1, 0.15) is 16.7 Å². The number of aryl methyl sites for hydroxylation is 1. The number of aromatic nitrogens is 2. The number of benzene rings is 1. The summed E-state index contributed by atoms with van der Waals surface area (Å²) in [4.78, 5) is 15.7. The van der Waals surface area contributed by atoms with Gasteiger partial charge in [0, 0.05) is 45.0 Å². The van der Waals surface area contributed by atoms with E-state index in [0.29, 0.717) is 30.6 Å². The van der Waals surface area contributed by atoms with E-state index in [-0.39, 0.29) is 12.6 Å². The lowest BCUT2D eigenvalue weighted by Crippen LogP contribution is -2.43. The highest BCUT2D eigenvalue weighted by molar-refractivity contribution is 5.74. The lowest BCUT2D eigenvalue weighted by Gasteiger charge is -2.32. The first-order chi connectivity index (χ1) is 10.9. The zero-order valence-corrected chi connectivity index (χ0v) is 13.1. The smallest absolute Gasteiger partial charge is 0.320 e. The van der Waals surface area contributed by atoms with Crippen molar-refractivity contribution in [3.8, 4) is 0 Å². The Kier molecular flexibility index (Phi) is 4.02. The molecule has 2 aromatic rings. The van der Waals surface area contributed by atoms with Crippen LogP contribution in [-0.4, -0.2) is 39.2 Å². The lowest BCUT2D eigenvalue weighted by molar-refractivity contribution is 0.155. The number of carbonyl (C=O) groups excluding carboxylic acids is 1. The zero-order chi connectivity index (χ0) is 16.6. The average Bonchev–Trinajstić information content (AvgIpc) is 2.90. The van der Waals surface area contributed by atoms with Gasteiger partial charge in [-0.25, -0.2) is 13.6 Å². The van der Waals surface area contributed by atoms with E-state index in [4.69, 9.17) is 0 Å². The molecule has 2 amide bonds. The summed E-state index contributed by atoms with van der Waals surface area (Å²) in [6.45, 7) is 1.08. The molecule has 0 atom stereocenters. The van der Waals surface area contributed by atoms with Crippen molar-refractivity contribution in [3.63, 3.8) is 0 Å². The Bertz CT molecular complexity index is 744. The van der Waals surface area contributed by atoms with Crippen molar-refractivity contribution >= 4 is 6.03 Å². The number of hydrogen-bond acceptors (Lipinski definition) is 2. The molecule has 5 nitrogen and oxygen atoms in total. The van der Waals surface area contributed by atoms with E-state index < -0.39 is 11.6 Å². The normalized spacial score (nSPS) is 13.8. The molecular formula is C16H18F2N4O. The first-order valence-electron chi connectivity index (χ1n) is 7.38. The molecule has 1 aromatic carbocycles. The molecule has 0 spiro atoms. The minimum atomic E-state index is -0.612. The van der Waals surface area contributed by atoms with E-state index in [1.165, 1.54) is 6.07 Å². The van der Waals surface area contributed by atoms with Crippen molar-refractivity contribution < 1.29 is 13.6 Å². The molecule has 0 saturated carbocycles. The van der Waals surface area contributed by atoms with E-state index in [9.17, 15) is 13.6 Å². The van der Waals surface area contributed by atoms with Gasteiger partial charge in [-0.05, 0) is 23.6 Å². The summed E-state index contributed by atoms with van der Waals surface area (Å²) in [5.74, 6) is -1.14. The predicted octanol–water partition coefficient (Wildman–Crippen LogP) is 2.31. The molecule has 0 radical (unpaired) electrons. The van der Waals surface area contributed by atoms with Crippen molar-refractivity contribution in [1.29, 1.82) is 0 Å². The second kappa shape index (κ2) is 5.98. The lowest BCUT2D eigenvalue weighted by atomic mass is 9.99. The first kappa shape index (κ1) is 15.5. The van der Waals surface area contributed by atoms with Gasteiger partial charge in [0.25, 0.3) is 0 Å². The Morgan fingerprint density at radius 2 is 2.17 bits per heavy atom. The van der Waals surface area contributed by atoms with Gasteiger partial charge in [0.1, 0.15) is 11.6 Å². The molecule has 2 heterocycles. The summed E-state index contributed by atoms with van der Waals surface area (Å²) < 4.78 is 28.8. The zero-order valence-electron chi connectivity index (χ0n) is 13.1. The maximum atomic E-state index is 13.7. The standard InChI is InChI=1S/C16H18F2N4O/c1-20(8-11-7-19-21(2)9-11)16(23)22-4-3-14-12(10-22)5-13(17)6-15(14)18/h5-7,9H,3-4,8,10H2,1-2H3. The molecule has 0 fully saturated rings. The summed E-state index contributed by atoms with van der Waals surface area (Å²) in [7, 11) is 3.52. The van der Waals surface area contributed by atoms with Crippen molar-refractivity contribution in [1.82, 2.24) is 19.6 Å². The molecule has 0 aliphatic carbocycles. The van der Waals surface area contributed by atoms with Gasteiger partial charge in [0.15, 0.2) is 0 Å². The summed E-state index contributed by atoms with van der Waals surface area (Å²) in [5.41, 5.74) is 1.97. The Labute approximate surface area is 133 Å². The van der Waals surface area contributed by atoms with Gasteiger partial charge in [0.05, 0.1) is 12.7 Å². The van der Waals surface area contributed by atoms with Gasteiger partial charge in [0.2, 0.25) is 0 Å². The second-order valence-electron chi connectivity index (χ2n) is 5.86. The molecule has 1 aromatic heterocycles. The van der Waals surface area contributed by atoms with Gasteiger partial charge in [-0.2, -0.15) is 5.10 Å². The van der Waals surface area contributed by atoms with Crippen LogP contribution in [0.4, 0.5) is 13.6 Å². The highest BCUT2D eigenvalue weighted by Gasteiger charge is 2.25. The maximum absolute atomic E-state index is 13.7. The van der Waals surface area contributed by atoms with E-state index in [0.717, 1.165) is 11.6 Å². The summed E-state index contributed by atoms with van der Waals surface area (Å²) in [6.07, 6.45) is 3.95. The molecule has 7 heteroatoms. The van der Waals surface area contributed by atoms with Crippen molar-refractivity contribution in [2.24, 2.45) is 7.05 Å². The number of rotatable bonds is 2. The third-order valence-corrected chi connectivity index (χ3v) is 4.02. The molecule has 122 valence electrons. The number of halogens is 2. The third-order valence-electron chi connectivity index (χ3n) is 4.02. The highest BCUT2D eigenvalue weighted by atomic mass is 19.1. The fourth-order valence-electron chi connectivity index (χ4n) is 2.91. The van der Waals surface area contributed by atoms with Gasteiger partial charge >= 0.3 is 6.03 Å². The van der Waals surface area contributed by atoms with Crippen molar-refractivity contribution in [2.75, 3.05) is 13.6 Å². The minimum Gasteiger partial charge on any atom is -0.323 e. The molecular weight excluding hydrogens is 302 g/mol. The van der Waals surface area contributed by atoms with Crippen LogP contribution in [0.25, 0.3) is 0 Å². The van der Waals surface area contributed by atoms with E-state index in [2.05, 4.69) is 5.10 Å². The Morgan fingerprint density at radius 3 is 2.87 bits per heavy atom. The maximum Gasteiger partial charge on any atom is 0.320 e. The average molecular weight is 320 g/mol. The number of urea groups is 1. The molecule has 1 aliphatic heterocycles.